The maximum Gasteiger partial charge on any atom is 0.300 e. The molecule has 1 heterocycles. The number of anilines is 1. The van der Waals surface area contributed by atoms with E-state index in [9.17, 15) is 19.8 Å². The van der Waals surface area contributed by atoms with E-state index in [-0.39, 0.29) is 27.7 Å². The molecule has 0 radical (unpaired) electrons. The number of methoxy groups -OCH3 is 2. The summed E-state index contributed by atoms with van der Waals surface area (Å²) in [5.41, 5.74) is 1.15. The summed E-state index contributed by atoms with van der Waals surface area (Å²) in [5.74, 6) is -0.979. The van der Waals surface area contributed by atoms with Gasteiger partial charge in [0, 0.05) is 11.3 Å². The summed E-state index contributed by atoms with van der Waals surface area (Å²) >= 11 is 6.21. The molecule has 1 fully saturated rings. The third-order valence-electron chi connectivity index (χ3n) is 5.43. The number of Topliss-reactive ketones (excluding diaryl/α,β-unsaturated/α-hetero) is 1. The van der Waals surface area contributed by atoms with E-state index in [1.54, 1.807) is 48.5 Å². The van der Waals surface area contributed by atoms with Gasteiger partial charge in [0.15, 0.2) is 0 Å². The van der Waals surface area contributed by atoms with Gasteiger partial charge in [-0.3, -0.25) is 14.5 Å². The molecule has 1 amide bonds. The first kappa shape index (κ1) is 22.2. The van der Waals surface area contributed by atoms with Crippen LogP contribution in [-0.4, -0.2) is 36.1 Å². The van der Waals surface area contributed by atoms with Crippen molar-refractivity contribution >= 4 is 34.7 Å². The predicted octanol–water partition coefficient (Wildman–Crippen LogP) is 4.69. The molecular weight excluding hydrogens is 446 g/mol. The standard InChI is InChI=1S/C25H20ClNO6/c1-32-18-10-6-16(7-11-18)27-22(14-3-8-17(28)9-4-14)21(24(30)25(27)31)23(29)15-5-12-20(33-2)19(26)13-15/h3-13,22,28-29H,1-2H3/b23-21-. The maximum atomic E-state index is 13.1. The Morgan fingerprint density at radius 3 is 2.18 bits per heavy atom. The Morgan fingerprint density at radius 1 is 0.939 bits per heavy atom. The van der Waals surface area contributed by atoms with Crippen molar-refractivity contribution in [3.63, 3.8) is 0 Å². The van der Waals surface area contributed by atoms with E-state index in [2.05, 4.69) is 0 Å². The number of hydrogen-bond acceptors (Lipinski definition) is 6. The summed E-state index contributed by atoms with van der Waals surface area (Å²) in [5, 5.41) is 21.1. The number of aliphatic hydroxyl groups is 1. The molecule has 33 heavy (non-hydrogen) atoms. The Morgan fingerprint density at radius 2 is 1.61 bits per heavy atom. The number of phenolic OH excluding ortho intramolecular Hbond substituents is 1. The minimum atomic E-state index is -0.931. The van der Waals surface area contributed by atoms with Crippen molar-refractivity contribution in [2.75, 3.05) is 19.1 Å². The molecule has 0 aliphatic carbocycles. The molecule has 8 heteroatoms. The number of halogens is 1. The number of amides is 1. The Bertz CT molecular complexity index is 1250. The van der Waals surface area contributed by atoms with E-state index < -0.39 is 17.7 Å². The molecule has 0 bridgehead atoms. The largest absolute Gasteiger partial charge is 0.508 e. The fourth-order valence-electron chi connectivity index (χ4n) is 3.78. The summed E-state index contributed by atoms with van der Waals surface area (Å²) in [6, 6.07) is 16.4. The van der Waals surface area contributed by atoms with E-state index in [0.717, 1.165) is 0 Å². The van der Waals surface area contributed by atoms with Gasteiger partial charge in [-0.05, 0) is 60.2 Å². The molecule has 2 N–H and O–H groups in total. The SMILES string of the molecule is COc1ccc(N2C(=O)C(=O)/C(=C(\O)c3ccc(OC)c(Cl)c3)C2c2ccc(O)cc2)cc1. The quantitative estimate of drug-likeness (QED) is 0.322. The molecule has 1 aliphatic rings. The lowest BCUT2D eigenvalue weighted by Gasteiger charge is -2.25. The number of benzene rings is 3. The van der Waals surface area contributed by atoms with Crippen molar-refractivity contribution in [1.29, 1.82) is 0 Å². The van der Waals surface area contributed by atoms with E-state index in [0.29, 0.717) is 22.7 Å². The number of carbonyl (C=O) groups excluding carboxylic acids is 2. The summed E-state index contributed by atoms with van der Waals surface area (Å²) in [7, 11) is 2.99. The average Bonchev–Trinajstić information content (AvgIpc) is 3.09. The van der Waals surface area contributed by atoms with Crippen LogP contribution >= 0.6 is 11.6 Å². The van der Waals surface area contributed by atoms with E-state index in [1.165, 1.54) is 37.3 Å². The first-order valence-corrected chi connectivity index (χ1v) is 10.3. The van der Waals surface area contributed by atoms with Crippen LogP contribution in [0, 0.1) is 0 Å². The molecule has 1 unspecified atom stereocenters. The fraction of sp³-hybridized carbons (Fsp3) is 0.120. The highest BCUT2D eigenvalue weighted by Gasteiger charge is 2.47. The first-order valence-electron chi connectivity index (χ1n) is 9.93. The minimum absolute atomic E-state index is 0.0297. The molecule has 0 saturated carbocycles. The Balaban J connectivity index is 1.91. The van der Waals surface area contributed by atoms with Crippen LogP contribution in [0.1, 0.15) is 17.2 Å². The third kappa shape index (κ3) is 3.99. The highest BCUT2D eigenvalue weighted by molar-refractivity contribution is 6.51. The second-order valence-corrected chi connectivity index (χ2v) is 7.72. The number of ketones is 1. The number of hydrogen-bond donors (Lipinski definition) is 2. The average molecular weight is 466 g/mol. The van der Waals surface area contributed by atoms with E-state index >= 15 is 0 Å². The van der Waals surface area contributed by atoms with Crippen molar-refractivity contribution in [2.45, 2.75) is 6.04 Å². The lowest BCUT2D eigenvalue weighted by Crippen LogP contribution is -2.29. The number of rotatable bonds is 5. The van der Waals surface area contributed by atoms with Gasteiger partial charge in [0.1, 0.15) is 23.0 Å². The second-order valence-electron chi connectivity index (χ2n) is 7.31. The van der Waals surface area contributed by atoms with Gasteiger partial charge in [0.2, 0.25) is 0 Å². The molecule has 168 valence electrons. The Labute approximate surface area is 195 Å². The second kappa shape index (κ2) is 8.88. The molecular formula is C25H20ClNO6. The number of phenols is 1. The first-order chi connectivity index (χ1) is 15.8. The third-order valence-corrected chi connectivity index (χ3v) is 5.72. The lowest BCUT2D eigenvalue weighted by atomic mass is 9.95. The number of nitrogens with zero attached hydrogens (tertiary/aromatic N) is 1. The van der Waals surface area contributed by atoms with E-state index in [4.69, 9.17) is 21.1 Å². The number of aliphatic hydroxyl groups excluding tert-OH is 1. The number of aromatic hydroxyl groups is 1. The van der Waals surface area contributed by atoms with Gasteiger partial charge >= 0.3 is 0 Å². The molecule has 4 rings (SSSR count). The van der Waals surface area contributed by atoms with Crippen LogP contribution < -0.4 is 14.4 Å². The van der Waals surface area contributed by atoms with Crippen LogP contribution in [0.15, 0.2) is 72.3 Å². The van der Waals surface area contributed by atoms with Crippen LogP contribution in [0.2, 0.25) is 5.02 Å². The molecule has 1 saturated heterocycles. The van der Waals surface area contributed by atoms with Crippen molar-refractivity contribution in [1.82, 2.24) is 0 Å². The predicted molar refractivity (Wildman–Crippen MR) is 124 cm³/mol. The van der Waals surface area contributed by atoms with Crippen LogP contribution in [0.25, 0.3) is 5.76 Å². The topological polar surface area (TPSA) is 96.3 Å². The molecule has 3 aromatic rings. The molecule has 3 aromatic carbocycles. The molecule has 7 nitrogen and oxygen atoms in total. The smallest absolute Gasteiger partial charge is 0.300 e. The summed E-state index contributed by atoms with van der Waals surface area (Å²) in [4.78, 5) is 27.6. The Hall–Kier alpha value is -3.97. The Kier molecular flexibility index (Phi) is 5.98. The van der Waals surface area contributed by atoms with Crippen LogP contribution in [-0.2, 0) is 9.59 Å². The highest BCUT2D eigenvalue weighted by atomic mass is 35.5. The van der Waals surface area contributed by atoms with Gasteiger partial charge in [-0.15, -0.1) is 0 Å². The van der Waals surface area contributed by atoms with Crippen molar-refractivity contribution in [2.24, 2.45) is 0 Å². The monoisotopic (exact) mass is 465 g/mol. The highest BCUT2D eigenvalue weighted by Crippen LogP contribution is 2.43. The number of carbonyl (C=O) groups is 2. The maximum absolute atomic E-state index is 13.1. The molecule has 1 aliphatic heterocycles. The summed E-state index contributed by atoms with van der Waals surface area (Å²) in [6.45, 7) is 0. The summed E-state index contributed by atoms with van der Waals surface area (Å²) < 4.78 is 10.3. The van der Waals surface area contributed by atoms with Gasteiger partial charge in [-0.2, -0.15) is 0 Å². The van der Waals surface area contributed by atoms with Gasteiger partial charge in [0.25, 0.3) is 11.7 Å². The van der Waals surface area contributed by atoms with Crippen LogP contribution in [0.4, 0.5) is 5.69 Å². The van der Waals surface area contributed by atoms with Crippen LogP contribution in [0.5, 0.6) is 17.2 Å². The lowest BCUT2D eigenvalue weighted by molar-refractivity contribution is -0.132. The zero-order valence-electron chi connectivity index (χ0n) is 17.8. The molecule has 0 spiro atoms. The van der Waals surface area contributed by atoms with E-state index in [1.807, 2.05) is 0 Å². The van der Waals surface area contributed by atoms with Crippen LogP contribution in [0.3, 0.4) is 0 Å². The zero-order chi connectivity index (χ0) is 23.7. The van der Waals surface area contributed by atoms with Gasteiger partial charge < -0.3 is 19.7 Å². The summed E-state index contributed by atoms with van der Waals surface area (Å²) in [6.07, 6.45) is 0. The van der Waals surface area contributed by atoms with Gasteiger partial charge in [-0.25, -0.2) is 0 Å². The van der Waals surface area contributed by atoms with Gasteiger partial charge in [-0.1, -0.05) is 23.7 Å². The molecule has 0 aromatic heterocycles. The van der Waals surface area contributed by atoms with Gasteiger partial charge in [0.05, 0.1) is 30.9 Å². The number of ether oxygens (including phenoxy) is 2. The van der Waals surface area contributed by atoms with Crippen molar-refractivity contribution < 1.29 is 29.3 Å². The normalized spacial score (nSPS) is 17.3. The molecule has 1 atom stereocenters. The van der Waals surface area contributed by atoms with Crippen molar-refractivity contribution in [3.05, 3.63) is 88.5 Å². The minimum Gasteiger partial charge on any atom is -0.508 e. The fourth-order valence-corrected chi connectivity index (χ4v) is 4.04. The van der Waals surface area contributed by atoms with Crippen molar-refractivity contribution in [3.8, 4) is 17.2 Å². The zero-order valence-corrected chi connectivity index (χ0v) is 18.5.